The van der Waals surface area contributed by atoms with Crippen LogP contribution in [0.3, 0.4) is 0 Å². The van der Waals surface area contributed by atoms with Crippen LogP contribution in [-0.2, 0) is 6.54 Å². The fourth-order valence-corrected chi connectivity index (χ4v) is 2.50. The molecule has 2 nitrogen and oxygen atoms in total. The van der Waals surface area contributed by atoms with Crippen LogP contribution >= 0.6 is 0 Å². The van der Waals surface area contributed by atoms with Crippen molar-refractivity contribution in [1.82, 2.24) is 4.57 Å². The lowest BCUT2D eigenvalue weighted by Gasteiger charge is -2.11. The molecule has 1 aliphatic carbocycles. The molecule has 1 aliphatic rings. The van der Waals surface area contributed by atoms with Crippen LogP contribution in [0.25, 0.3) is 0 Å². The monoisotopic (exact) mass is 243 g/mol. The number of aliphatic hydroxyl groups is 1. The molecule has 0 aliphatic heterocycles. The minimum absolute atomic E-state index is 0.00313. The molecule has 1 saturated carbocycles. The average molecular weight is 243 g/mol. The maximum absolute atomic E-state index is 13.0. The number of halogens is 2. The van der Waals surface area contributed by atoms with Gasteiger partial charge in [-0.3, -0.25) is 0 Å². The number of rotatable bonds is 4. The summed E-state index contributed by atoms with van der Waals surface area (Å²) in [4.78, 5) is 0. The highest BCUT2D eigenvalue weighted by Crippen LogP contribution is 2.39. The van der Waals surface area contributed by atoms with Gasteiger partial charge in [-0.2, -0.15) is 0 Å². The van der Waals surface area contributed by atoms with Gasteiger partial charge in [0.2, 0.25) is 5.92 Å². The van der Waals surface area contributed by atoms with E-state index in [-0.39, 0.29) is 18.8 Å². The lowest BCUT2D eigenvalue weighted by atomic mass is 10.1. The zero-order chi connectivity index (χ0) is 12.5. The van der Waals surface area contributed by atoms with Gasteiger partial charge in [0.1, 0.15) is 0 Å². The first kappa shape index (κ1) is 12.6. The molecule has 17 heavy (non-hydrogen) atoms. The van der Waals surface area contributed by atoms with Crippen LogP contribution in [0.5, 0.6) is 0 Å². The van der Waals surface area contributed by atoms with Gasteiger partial charge >= 0.3 is 0 Å². The first-order valence-electron chi connectivity index (χ1n) is 6.22. The predicted octanol–water partition coefficient (Wildman–Crippen LogP) is 3.37. The summed E-state index contributed by atoms with van der Waals surface area (Å²) in [5.74, 6) is -2.41. The highest BCUT2D eigenvalue weighted by Gasteiger charge is 2.39. The van der Waals surface area contributed by atoms with Crippen molar-refractivity contribution in [3.8, 4) is 0 Å². The fourth-order valence-electron chi connectivity index (χ4n) is 2.50. The van der Waals surface area contributed by atoms with Crippen LogP contribution in [0.2, 0.25) is 0 Å². The van der Waals surface area contributed by atoms with E-state index in [1.54, 1.807) is 0 Å². The third kappa shape index (κ3) is 3.06. The maximum atomic E-state index is 13.0. The molecular formula is C13H19F2NO. The Morgan fingerprint density at radius 2 is 2.35 bits per heavy atom. The van der Waals surface area contributed by atoms with E-state index in [0.717, 1.165) is 5.56 Å². The van der Waals surface area contributed by atoms with Gasteiger partial charge < -0.3 is 9.67 Å². The highest BCUT2D eigenvalue weighted by atomic mass is 19.3. The number of nitrogens with zero attached hydrogens (tertiary/aromatic N) is 1. The average Bonchev–Trinajstić information content (AvgIpc) is 2.85. The number of hydrogen-bond acceptors (Lipinski definition) is 1. The summed E-state index contributed by atoms with van der Waals surface area (Å²) in [6.45, 7) is 2.55. The Kier molecular flexibility index (Phi) is 3.52. The summed E-state index contributed by atoms with van der Waals surface area (Å²) >= 11 is 0. The zero-order valence-corrected chi connectivity index (χ0v) is 10.1. The van der Waals surface area contributed by atoms with Crippen LogP contribution in [0.4, 0.5) is 8.78 Å². The standard InChI is InChI=1S/C13H19F2NO/c1-2-12(17)11-4-6-16(9-11)8-10-3-5-13(14,15)7-10/h4,6,9-10,12,17H,2-3,5,7-8H2,1H3. The first-order chi connectivity index (χ1) is 8.00. The van der Waals surface area contributed by atoms with Crippen LogP contribution in [0.1, 0.15) is 44.3 Å². The molecule has 0 bridgehead atoms. The summed E-state index contributed by atoms with van der Waals surface area (Å²) in [5.41, 5.74) is 0.872. The van der Waals surface area contributed by atoms with E-state index in [0.29, 0.717) is 19.4 Å². The van der Waals surface area contributed by atoms with Crippen molar-refractivity contribution in [2.75, 3.05) is 0 Å². The van der Waals surface area contributed by atoms with Gasteiger partial charge in [0.15, 0.2) is 0 Å². The van der Waals surface area contributed by atoms with Gasteiger partial charge in [-0.25, -0.2) is 8.78 Å². The molecule has 2 unspecified atom stereocenters. The molecule has 1 aromatic heterocycles. The minimum atomic E-state index is -2.47. The second-order valence-electron chi connectivity index (χ2n) is 5.03. The Morgan fingerprint density at radius 1 is 1.59 bits per heavy atom. The Balaban J connectivity index is 1.94. The van der Waals surface area contributed by atoms with Crippen LogP contribution in [-0.4, -0.2) is 15.6 Å². The third-order valence-electron chi connectivity index (χ3n) is 3.52. The summed E-state index contributed by atoms with van der Waals surface area (Å²) in [6.07, 6.45) is 4.57. The quantitative estimate of drug-likeness (QED) is 0.861. The van der Waals surface area contributed by atoms with Crippen molar-refractivity contribution < 1.29 is 13.9 Å². The molecule has 0 spiro atoms. The van der Waals surface area contributed by atoms with E-state index >= 15 is 0 Å². The smallest absolute Gasteiger partial charge is 0.248 e. The molecule has 2 atom stereocenters. The van der Waals surface area contributed by atoms with E-state index < -0.39 is 12.0 Å². The Morgan fingerprint density at radius 3 is 2.94 bits per heavy atom. The highest BCUT2D eigenvalue weighted by molar-refractivity contribution is 5.13. The molecule has 0 radical (unpaired) electrons. The number of aliphatic hydroxyl groups excluding tert-OH is 1. The largest absolute Gasteiger partial charge is 0.388 e. The SMILES string of the molecule is CCC(O)c1ccn(CC2CCC(F)(F)C2)c1. The van der Waals surface area contributed by atoms with Gasteiger partial charge in [-0.15, -0.1) is 0 Å². The maximum Gasteiger partial charge on any atom is 0.248 e. The number of alkyl halides is 2. The van der Waals surface area contributed by atoms with Gasteiger partial charge in [0.25, 0.3) is 0 Å². The summed E-state index contributed by atoms with van der Waals surface area (Å²) in [6, 6.07) is 1.86. The van der Waals surface area contributed by atoms with Gasteiger partial charge in [0, 0.05) is 31.8 Å². The molecular weight excluding hydrogens is 224 g/mol. The molecule has 1 fully saturated rings. The molecule has 0 aromatic carbocycles. The van der Waals surface area contributed by atoms with Gasteiger partial charge in [0.05, 0.1) is 6.10 Å². The molecule has 0 saturated heterocycles. The second kappa shape index (κ2) is 4.77. The van der Waals surface area contributed by atoms with Crippen molar-refractivity contribution in [1.29, 1.82) is 0 Å². The van der Waals surface area contributed by atoms with Crippen LogP contribution < -0.4 is 0 Å². The molecule has 2 rings (SSSR count). The van der Waals surface area contributed by atoms with Crippen molar-refractivity contribution in [2.24, 2.45) is 5.92 Å². The lowest BCUT2D eigenvalue weighted by Crippen LogP contribution is -2.12. The fraction of sp³-hybridized carbons (Fsp3) is 0.692. The summed E-state index contributed by atoms with van der Waals surface area (Å²) < 4.78 is 28.0. The van der Waals surface area contributed by atoms with E-state index in [1.165, 1.54) is 0 Å². The predicted molar refractivity (Wildman–Crippen MR) is 62.0 cm³/mol. The first-order valence-corrected chi connectivity index (χ1v) is 6.22. The van der Waals surface area contributed by atoms with E-state index in [2.05, 4.69) is 0 Å². The number of aromatic nitrogens is 1. The van der Waals surface area contributed by atoms with Crippen LogP contribution in [0, 0.1) is 5.92 Å². The Bertz CT molecular complexity index is 375. The van der Waals surface area contributed by atoms with Crippen molar-refractivity contribution in [2.45, 2.75) is 51.2 Å². The second-order valence-corrected chi connectivity index (χ2v) is 5.03. The van der Waals surface area contributed by atoms with Gasteiger partial charge in [-0.05, 0) is 30.4 Å². The van der Waals surface area contributed by atoms with Crippen molar-refractivity contribution in [3.63, 3.8) is 0 Å². The molecule has 4 heteroatoms. The molecule has 1 N–H and O–H groups in total. The third-order valence-corrected chi connectivity index (χ3v) is 3.52. The molecule has 1 heterocycles. The van der Waals surface area contributed by atoms with Crippen molar-refractivity contribution >= 4 is 0 Å². The summed E-state index contributed by atoms with van der Waals surface area (Å²) in [7, 11) is 0. The molecule has 96 valence electrons. The molecule has 0 amide bonds. The number of hydrogen-bond donors (Lipinski definition) is 1. The normalized spacial score (nSPS) is 25.1. The van der Waals surface area contributed by atoms with Crippen molar-refractivity contribution in [3.05, 3.63) is 24.0 Å². The van der Waals surface area contributed by atoms with E-state index in [9.17, 15) is 13.9 Å². The van der Waals surface area contributed by atoms with E-state index in [1.807, 2.05) is 30.0 Å². The Hall–Kier alpha value is -0.900. The zero-order valence-electron chi connectivity index (χ0n) is 10.1. The minimum Gasteiger partial charge on any atom is -0.388 e. The van der Waals surface area contributed by atoms with E-state index in [4.69, 9.17) is 0 Å². The topological polar surface area (TPSA) is 25.2 Å². The molecule has 1 aromatic rings. The summed E-state index contributed by atoms with van der Waals surface area (Å²) in [5, 5.41) is 9.65. The lowest BCUT2D eigenvalue weighted by molar-refractivity contribution is 0.00436. The van der Waals surface area contributed by atoms with Gasteiger partial charge in [-0.1, -0.05) is 6.92 Å². The Labute approximate surface area is 100 Å². The van der Waals surface area contributed by atoms with Crippen LogP contribution in [0.15, 0.2) is 18.5 Å².